The van der Waals surface area contributed by atoms with Crippen molar-refractivity contribution in [1.29, 1.82) is 0 Å². The van der Waals surface area contributed by atoms with E-state index >= 15 is 0 Å². The van der Waals surface area contributed by atoms with Crippen molar-refractivity contribution in [3.05, 3.63) is 47.3 Å². The normalized spacial score (nSPS) is 13.6. The maximum atomic E-state index is 4.43. The average Bonchev–Trinajstić information content (AvgIpc) is 2.82. The highest BCUT2D eigenvalue weighted by Gasteiger charge is 2.21. The summed E-state index contributed by atoms with van der Waals surface area (Å²) in [5, 5.41) is 3.10. The molecule has 3 rings (SSSR count). The Kier molecular flexibility index (Phi) is 2.63. The quantitative estimate of drug-likeness (QED) is 0.874. The molecule has 0 saturated heterocycles. The predicted octanol–water partition coefficient (Wildman–Crippen LogP) is 2.35. The molecule has 1 N–H and O–H groups in total. The van der Waals surface area contributed by atoms with Gasteiger partial charge in [-0.1, -0.05) is 24.3 Å². The maximum Gasteiger partial charge on any atom is 0.137 e. The fourth-order valence-corrected chi connectivity index (χ4v) is 2.49. The van der Waals surface area contributed by atoms with E-state index in [2.05, 4.69) is 51.4 Å². The number of hydrogen-bond acceptors (Lipinski definition) is 4. The van der Waals surface area contributed by atoms with Crippen LogP contribution in [-0.2, 0) is 13.1 Å². The number of nitrogens with zero attached hydrogens (tertiary/aromatic N) is 3. The van der Waals surface area contributed by atoms with Crippen LogP contribution in [0.4, 0.5) is 11.6 Å². The number of aromatic nitrogens is 2. The van der Waals surface area contributed by atoms with Gasteiger partial charge >= 0.3 is 0 Å². The number of anilines is 2. The molecule has 4 nitrogen and oxygen atoms in total. The number of hydrogen-bond donors (Lipinski definition) is 1. The zero-order chi connectivity index (χ0) is 12.5. The van der Waals surface area contributed by atoms with Gasteiger partial charge in [0.25, 0.3) is 0 Å². The third-order valence-electron chi connectivity index (χ3n) is 3.43. The zero-order valence-electron chi connectivity index (χ0n) is 10.6. The van der Waals surface area contributed by atoms with Crippen LogP contribution >= 0.6 is 0 Å². The van der Waals surface area contributed by atoms with Crippen molar-refractivity contribution in [2.75, 3.05) is 17.3 Å². The Morgan fingerprint density at radius 2 is 1.78 bits per heavy atom. The van der Waals surface area contributed by atoms with E-state index in [-0.39, 0.29) is 0 Å². The monoisotopic (exact) mass is 240 g/mol. The molecule has 0 bridgehead atoms. The molecule has 18 heavy (non-hydrogen) atoms. The van der Waals surface area contributed by atoms with Gasteiger partial charge < -0.3 is 10.2 Å². The van der Waals surface area contributed by atoms with Crippen LogP contribution < -0.4 is 10.2 Å². The Hall–Kier alpha value is -2.10. The average molecular weight is 240 g/mol. The van der Waals surface area contributed by atoms with E-state index in [0.29, 0.717) is 0 Å². The third kappa shape index (κ3) is 1.70. The van der Waals surface area contributed by atoms with Gasteiger partial charge in [-0.3, -0.25) is 0 Å². The van der Waals surface area contributed by atoms with Gasteiger partial charge in [0.05, 0.1) is 0 Å². The molecule has 0 amide bonds. The highest BCUT2D eigenvalue weighted by atomic mass is 15.2. The molecule has 1 aromatic carbocycles. The lowest BCUT2D eigenvalue weighted by molar-refractivity contribution is 0.844. The maximum absolute atomic E-state index is 4.43. The Morgan fingerprint density at radius 3 is 2.39 bits per heavy atom. The predicted molar refractivity (Wildman–Crippen MR) is 72.6 cm³/mol. The number of nitrogens with one attached hydrogen (secondary N) is 1. The standard InChI is InChI=1S/C14H16N4/c1-10-13(15-2)16-9-17-14(10)18-7-11-5-3-4-6-12(11)8-18/h3-6,9H,7-8H2,1-2H3,(H,15,16,17). The summed E-state index contributed by atoms with van der Waals surface area (Å²) in [6.07, 6.45) is 1.62. The van der Waals surface area contributed by atoms with E-state index < -0.39 is 0 Å². The lowest BCUT2D eigenvalue weighted by atomic mass is 10.1. The van der Waals surface area contributed by atoms with Crippen LogP contribution in [0.1, 0.15) is 16.7 Å². The first-order chi connectivity index (χ1) is 8.79. The molecule has 1 aliphatic rings. The van der Waals surface area contributed by atoms with Gasteiger partial charge in [-0.15, -0.1) is 0 Å². The molecule has 0 spiro atoms. The molecule has 4 heteroatoms. The van der Waals surface area contributed by atoms with Crippen LogP contribution in [0.3, 0.4) is 0 Å². The van der Waals surface area contributed by atoms with Crippen LogP contribution in [0.5, 0.6) is 0 Å². The SMILES string of the molecule is CNc1ncnc(N2Cc3ccccc3C2)c1C. The fourth-order valence-electron chi connectivity index (χ4n) is 2.49. The summed E-state index contributed by atoms with van der Waals surface area (Å²) in [4.78, 5) is 10.9. The Morgan fingerprint density at radius 1 is 1.11 bits per heavy atom. The minimum atomic E-state index is 0.899. The van der Waals surface area contributed by atoms with Gasteiger partial charge in [0.1, 0.15) is 18.0 Å². The van der Waals surface area contributed by atoms with Gasteiger partial charge in [-0.05, 0) is 18.1 Å². The summed E-state index contributed by atoms with van der Waals surface area (Å²) in [6, 6.07) is 8.55. The molecule has 2 aromatic rings. The van der Waals surface area contributed by atoms with Crippen molar-refractivity contribution in [1.82, 2.24) is 9.97 Å². The van der Waals surface area contributed by atoms with Gasteiger partial charge in [-0.25, -0.2) is 9.97 Å². The van der Waals surface area contributed by atoms with Gasteiger partial charge in [0, 0.05) is 25.7 Å². The van der Waals surface area contributed by atoms with Crippen molar-refractivity contribution < 1.29 is 0 Å². The summed E-state index contributed by atoms with van der Waals surface area (Å²) < 4.78 is 0. The lowest BCUT2D eigenvalue weighted by Gasteiger charge is -2.19. The second-order valence-corrected chi connectivity index (χ2v) is 4.55. The molecule has 0 unspecified atom stereocenters. The minimum Gasteiger partial charge on any atom is -0.373 e. The molecule has 92 valence electrons. The molecule has 0 atom stereocenters. The molecule has 2 heterocycles. The molecular formula is C14H16N4. The molecule has 0 fully saturated rings. The highest BCUT2D eigenvalue weighted by molar-refractivity contribution is 5.59. The van der Waals surface area contributed by atoms with Crippen molar-refractivity contribution >= 4 is 11.6 Å². The van der Waals surface area contributed by atoms with E-state index in [1.165, 1.54) is 11.1 Å². The molecule has 1 aliphatic heterocycles. The van der Waals surface area contributed by atoms with Crippen LogP contribution in [0.15, 0.2) is 30.6 Å². The zero-order valence-corrected chi connectivity index (χ0v) is 10.6. The molecular weight excluding hydrogens is 224 g/mol. The lowest BCUT2D eigenvalue weighted by Crippen LogP contribution is -2.18. The second-order valence-electron chi connectivity index (χ2n) is 4.55. The molecule has 0 aliphatic carbocycles. The largest absolute Gasteiger partial charge is 0.373 e. The Balaban J connectivity index is 1.95. The van der Waals surface area contributed by atoms with E-state index in [9.17, 15) is 0 Å². The summed E-state index contributed by atoms with van der Waals surface area (Å²) in [5.41, 5.74) is 3.89. The van der Waals surface area contributed by atoms with E-state index in [1.54, 1.807) is 6.33 Å². The van der Waals surface area contributed by atoms with Crippen LogP contribution in [0, 0.1) is 6.92 Å². The van der Waals surface area contributed by atoms with Crippen molar-refractivity contribution in [2.24, 2.45) is 0 Å². The van der Waals surface area contributed by atoms with Gasteiger partial charge in [-0.2, -0.15) is 0 Å². The summed E-state index contributed by atoms with van der Waals surface area (Å²) in [6.45, 7) is 3.92. The molecule has 0 saturated carbocycles. The van der Waals surface area contributed by atoms with Gasteiger partial charge in [0.2, 0.25) is 0 Å². The van der Waals surface area contributed by atoms with Crippen LogP contribution in [-0.4, -0.2) is 17.0 Å². The van der Waals surface area contributed by atoms with Crippen molar-refractivity contribution in [3.8, 4) is 0 Å². The van der Waals surface area contributed by atoms with E-state index in [1.807, 2.05) is 7.05 Å². The first-order valence-corrected chi connectivity index (χ1v) is 6.10. The van der Waals surface area contributed by atoms with E-state index in [0.717, 1.165) is 30.3 Å². The highest BCUT2D eigenvalue weighted by Crippen LogP contribution is 2.30. The second kappa shape index (κ2) is 4.29. The Bertz CT molecular complexity index is 555. The fraction of sp³-hybridized carbons (Fsp3) is 0.286. The van der Waals surface area contributed by atoms with Crippen LogP contribution in [0.2, 0.25) is 0 Å². The summed E-state index contributed by atoms with van der Waals surface area (Å²) >= 11 is 0. The third-order valence-corrected chi connectivity index (χ3v) is 3.43. The molecule has 0 radical (unpaired) electrons. The first kappa shape index (κ1) is 11.0. The van der Waals surface area contributed by atoms with Gasteiger partial charge in [0.15, 0.2) is 0 Å². The molecule has 1 aromatic heterocycles. The summed E-state index contributed by atoms with van der Waals surface area (Å²) in [7, 11) is 1.89. The minimum absolute atomic E-state index is 0.899. The topological polar surface area (TPSA) is 41.1 Å². The number of rotatable bonds is 2. The van der Waals surface area contributed by atoms with Crippen molar-refractivity contribution in [2.45, 2.75) is 20.0 Å². The Labute approximate surface area is 107 Å². The van der Waals surface area contributed by atoms with Crippen LogP contribution in [0.25, 0.3) is 0 Å². The van der Waals surface area contributed by atoms with E-state index in [4.69, 9.17) is 0 Å². The number of fused-ring (bicyclic) bond motifs is 1. The number of benzene rings is 1. The summed E-state index contributed by atoms with van der Waals surface area (Å²) in [5.74, 6) is 1.92. The van der Waals surface area contributed by atoms with Crippen molar-refractivity contribution in [3.63, 3.8) is 0 Å². The smallest absolute Gasteiger partial charge is 0.137 e. The first-order valence-electron chi connectivity index (χ1n) is 6.10.